The maximum Gasteiger partial charge on any atom is 0.133 e. The van der Waals surface area contributed by atoms with Crippen molar-refractivity contribution in [2.24, 2.45) is 11.8 Å². The largest absolute Gasteiger partial charge is 0.506 e. The molecule has 2 heterocycles. The van der Waals surface area contributed by atoms with Gasteiger partial charge in [-0.2, -0.15) is 0 Å². The minimum absolute atomic E-state index is 0.212. The second kappa shape index (κ2) is 7.23. The number of ether oxygens (including phenoxy) is 1. The Kier molecular flexibility index (Phi) is 4.81. The van der Waals surface area contributed by atoms with Gasteiger partial charge in [-0.15, -0.1) is 0 Å². The number of halogens is 1. The van der Waals surface area contributed by atoms with Crippen molar-refractivity contribution in [1.82, 2.24) is 9.88 Å². The summed E-state index contributed by atoms with van der Waals surface area (Å²) >= 11 is 0. The van der Waals surface area contributed by atoms with E-state index in [1.54, 1.807) is 18.2 Å². The molecule has 4 atom stereocenters. The molecule has 0 radical (unpaired) electrons. The number of rotatable bonds is 5. The molecule has 2 aromatic rings. The van der Waals surface area contributed by atoms with Gasteiger partial charge < -0.3 is 14.7 Å². The molecule has 0 amide bonds. The average Bonchev–Trinajstić information content (AvgIpc) is 3.15. The number of pyridine rings is 1. The highest BCUT2D eigenvalue weighted by Crippen LogP contribution is 2.40. The molecule has 138 valence electrons. The first-order valence-electron chi connectivity index (χ1n) is 9.36. The van der Waals surface area contributed by atoms with Crippen molar-refractivity contribution >= 4 is 0 Å². The van der Waals surface area contributed by atoms with Gasteiger partial charge in [-0.05, 0) is 61.1 Å². The summed E-state index contributed by atoms with van der Waals surface area (Å²) in [5.41, 5.74) is 1.03. The van der Waals surface area contributed by atoms with Crippen molar-refractivity contribution in [3.8, 4) is 11.5 Å². The lowest BCUT2D eigenvalue weighted by Gasteiger charge is -2.23. The van der Waals surface area contributed by atoms with Gasteiger partial charge in [0.1, 0.15) is 17.3 Å². The zero-order chi connectivity index (χ0) is 18.1. The van der Waals surface area contributed by atoms with E-state index in [-0.39, 0.29) is 17.7 Å². The number of nitrogens with zero attached hydrogens (tertiary/aromatic N) is 2. The Hall–Kier alpha value is -2.14. The lowest BCUT2D eigenvalue weighted by molar-refractivity contribution is 0.184. The summed E-state index contributed by atoms with van der Waals surface area (Å²) in [5, 5.41) is 9.37. The zero-order valence-corrected chi connectivity index (χ0v) is 15.0. The van der Waals surface area contributed by atoms with E-state index in [0.29, 0.717) is 17.8 Å². The van der Waals surface area contributed by atoms with E-state index in [9.17, 15) is 9.50 Å². The number of aromatic hydroxyl groups is 1. The molecule has 1 N–H and O–H groups in total. The van der Waals surface area contributed by atoms with Crippen LogP contribution in [0.25, 0.3) is 0 Å². The quantitative estimate of drug-likeness (QED) is 0.885. The van der Waals surface area contributed by atoms with E-state index in [0.717, 1.165) is 43.9 Å². The smallest absolute Gasteiger partial charge is 0.133 e. The van der Waals surface area contributed by atoms with Gasteiger partial charge in [0.05, 0.1) is 12.3 Å². The third kappa shape index (κ3) is 3.83. The molecular formula is C21H25FN2O2. The molecule has 2 aliphatic rings. The predicted octanol–water partition coefficient (Wildman–Crippen LogP) is 3.82. The van der Waals surface area contributed by atoms with Crippen LogP contribution in [-0.4, -0.2) is 40.7 Å². The second-order valence-corrected chi connectivity index (χ2v) is 7.75. The van der Waals surface area contributed by atoms with Crippen molar-refractivity contribution in [2.75, 3.05) is 19.6 Å². The van der Waals surface area contributed by atoms with E-state index < -0.39 is 0 Å². The van der Waals surface area contributed by atoms with Crippen LogP contribution < -0.4 is 4.74 Å². The molecular weight excluding hydrogens is 331 g/mol. The highest BCUT2D eigenvalue weighted by atomic mass is 19.1. The number of aromatic nitrogens is 1. The molecule has 1 saturated carbocycles. The standard InChI is InChI=1S/C21H25FN2O2/c1-14(21-7-4-18(25)10-23-21)11-24-12-15-8-20(9-16(15)13-24)26-19-5-2-17(22)3-6-19/h2-7,10,14-16,20,25H,8-9,11-13H2,1H3/t14?,15-,16+,20?. The second-order valence-electron chi connectivity index (χ2n) is 7.75. The molecule has 4 nitrogen and oxygen atoms in total. The molecule has 0 spiro atoms. The molecule has 1 aliphatic heterocycles. The van der Waals surface area contributed by atoms with Gasteiger partial charge in [0, 0.05) is 31.2 Å². The van der Waals surface area contributed by atoms with Crippen LogP contribution in [0.4, 0.5) is 4.39 Å². The van der Waals surface area contributed by atoms with Crippen molar-refractivity contribution < 1.29 is 14.2 Å². The summed E-state index contributed by atoms with van der Waals surface area (Å²) in [4.78, 5) is 6.86. The molecule has 1 saturated heterocycles. The number of likely N-dealkylation sites (tertiary alicyclic amines) is 1. The first kappa shape index (κ1) is 17.3. The van der Waals surface area contributed by atoms with Crippen LogP contribution in [0.15, 0.2) is 42.6 Å². The SMILES string of the molecule is CC(CN1C[C@H]2CC(Oc3ccc(F)cc3)C[C@H]2C1)c1ccc(O)cn1. The predicted molar refractivity (Wildman–Crippen MR) is 97.8 cm³/mol. The molecule has 1 aliphatic carbocycles. The van der Waals surface area contributed by atoms with Gasteiger partial charge in [-0.3, -0.25) is 4.98 Å². The zero-order valence-electron chi connectivity index (χ0n) is 15.0. The highest BCUT2D eigenvalue weighted by molar-refractivity contribution is 5.23. The molecule has 2 fully saturated rings. The van der Waals surface area contributed by atoms with Crippen LogP contribution in [0.5, 0.6) is 11.5 Å². The Morgan fingerprint density at radius 2 is 1.85 bits per heavy atom. The summed E-state index contributed by atoms with van der Waals surface area (Å²) in [5.74, 6) is 2.46. The third-order valence-electron chi connectivity index (χ3n) is 5.71. The van der Waals surface area contributed by atoms with Crippen molar-refractivity contribution in [3.63, 3.8) is 0 Å². The maximum atomic E-state index is 13.0. The molecule has 0 bridgehead atoms. The number of hydrogen-bond donors (Lipinski definition) is 1. The number of fused-ring (bicyclic) bond motifs is 1. The number of hydrogen-bond acceptors (Lipinski definition) is 4. The molecule has 4 rings (SSSR count). The summed E-state index contributed by atoms with van der Waals surface area (Å²) in [6.07, 6.45) is 3.91. The minimum Gasteiger partial charge on any atom is -0.506 e. The van der Waals surface area contributed by atoms with Crippen LogP contribution in [0, 0.1) is 17.7 Å². The Bertz CT molecular complexity index is 721. The monoisotopic (exact) mass is 356 g/mol. The van der Waals surface area contributed by atoms with Gasteiger partial charge in [-0.1, -0.05) is 6.92 Å². The van der Waals surface area contributed by atoms with E-state index in [2.05, 4.69) is 16.8 Å². The van der Waals surface area contributed by atoms with Gasteiger partial charge in [0.2, 0.25) is 0 Å². The fourth-order valence-corrected chi connectivity index (χ4v) is 4.46. The normalized spacial score (nSPS) is 26.6. The summed E-state index contributed by atoms with van der Waals surface area (Å²) in [6.45, 7) is 5.40. The fourth-order valence-electron chi connectivity index (χ4n) is 4.46. The van der Waals surface area contributed by atoms with Crippen LogP contribution in [-0.2, 0) is 0 Å². The highest BCUT2D eigenvalue weighted by Gasteiger charge is 2.42. The Balaban J connectivity index is 1.28. The van der Waals surface area contributed by atoms with E-state index in [4.69, 9.17) is 4.74 Å². The minimum atomic E-state index is -0.228. The molecule has 2 unspecified atom stereocenters. The van der Waals surface area contributed by atoms with Gasteiger partial charge in [0.25, 0.3) is 0 Å². The van der Waals surface area contributed by atoms with Gasteiger partial charge in [0.15, 0.2) is 0 Å². The topological polar surface area (TPSA) is 45.6 Å². The van der Waals surface area contributed by atoms with Gasteiger partial charge >= 0.3 is 0 Å². The van der Waals surface area contributed by atoms with E-state index in [1.807, 2.05) is 6.07 Å². The first-order chi connectivity index (χ1) is 12.6. The van der Waals surface area contributed by atoms with Crippen molar-refractivity contribution in [3.05, 3.63) is 54.1 Å². The first-order valence-corrected chi connectivity index (χ1v) is 9.36. The van der Waals surface area contributed by atoms with Crippen LogP contribution in [0.3, 0.4) is 0 Å². The maximum absolute atomic E-state index is 13.0. The third-order valence-corrected chi connectivity index (χ3v) is 5.71. The molecule has 1 aromatic carbocycles. The summed E-state index contributed by atoms with van der Waals surface area (Å²) in [6, 6.07) is 9.93. The van der Waals surface area contributed by atoms with Crippen LogP contribution in [0.1, 0.15) is 31.4 Å². The lowest BCUT2D eigenvalue weighted by atomic mass is 10.0. The number of benzene rings is 1. The Morgan fingerprint density at radius 1 is 1.15 bits per heavy atom. The summed E-state index contributed by atoms with van der Waals surface area (Å²) in [7, 11) is 0. The van der Waals surface area contributed by atoms with Crippen molar-refractivity contribution in [1.29, 1.82) is 0 Å². The molecule has 1 aromatic heterocycles. The Labute approximate surface area is 153 Å². The molecule has 5 heteroatoms. The molecule has 26 heavy (non-hydrogen) atoms. The van der Waals surface area contributed by atoms with Crippen LogP contribution in [0.2, 0.25) is 0 Å². The van der Waals surface area contributed by atoms with Gasteiger partial charge in [-0.25, -0.2) is 4.39 Å². The van der Waals surface area contributed by atoms with Crippen molar-refractivity contribution in [2.45, 2.75) is 31.8 Å². The van der Waals surface area contributed by atoms with E-state index >= 15 is 0 Å². The van der Waals surface area contributed by atoms with E-state index in [1.165, 1.54) is 18.3 Å². The fraction of sp³-hybridized carbons (Fsp3) is 0.476. The Morgan fingerprint density at radius 3 is 2.46 bits per heavy atom. The van der Waals surface area contributed by atoms with Crippen LogP contribution >= 0.6 is 0 Å². The summed E-state index contributed by atoms with van der Waals surface area (Å²) < 4.78 is 19.0. The lowest BCUT2D eigenvalue weighted by Crippen LogP contribution is -2.28. The average molecular weight is 356 g/mol.